The molecule has 2 aromatic rings. The summed E-state index contributed by atoms with van der Waals surface area (Å²) in [5.41, 5.74) is 3.32. The van der Waals surface area contributed by atoms with Gasteiger partial charge in [-0.2, -0.15) is 11.3 Å². The van der Waals surface area contributed by atoms with Crippen LogP contribution >= 0.6 is 11.3 Å². The van der Waals surface area contributed by atoms with Gasteiger partial charge in [0.1, 0.15) is 0 Å². The molecule has 1 aromatic carbocycles. The Labute approximate surface area is 151 Å². The Balaban J connectivity index is 1.71. The quantitative estimate of drug-likeness (QED) is 0.860. The maximum Gasteiger partial charge on any atom is 0.251 e. The van der Waals surface area contributed by atoms with Crippen LogP contribution in [0.2, 0.25) is 0 Å². The number of rotatable bonds is 5. The monoisotopic (exact) mass is 358 g/mol. The van der Waals surface area contributed by atoms with Crippen LogP contribution in [-0.4, -0.2) is 50.9 Å². The fourth-order valence-corrected chi connectivity index (χ4v) is 3.66. The molecule has 1 aliphatic heterocycles. The van der Waals surface area contributed by atoms with Gasteiger partial charge in [-0.3, -0.25) is 9.59 Å². The number of amides is 2. The zero-order valence-electron chi connectivity index (χ0n) is 14.6. The fraction of sp³-hybridized carbons (Fsp3) is 0.333. The number of carbonyl (C=O) groups is 2. The largest absolute Gasteiger partial charge is 0.364 e. The number of benzene rings is 1. The third-order valence-corrected chi connectivity index (χ3v) is 5.03. The highest BCUT2D eigenvalue weighted by atomic mass is 32.1. The molecule has 2 heterocycles. The van der Waals surface area contributed by atoms with E-state index in [2.05, 4.69) is 27.0 Å². The minimum absolute atomic E-state index is 0.0716. The standard InChI is InChI=1S/C18H22N4O2S/c1-21(2)16(13-6-7-25-11-13)9-19-18(24)12-4-5-15-14(8-12)20-17(23)10-22(15)3/h4-8,11,16H,9-10H2,1-3H3,(H,19,24)(H,20,23). The number of nitrogens with zero attached hydrogens (tertiary/aromatic N) is 2. The lowest BCUT2D eigenvalue weighted by atomic mass is 10.1. The van der Waals surface area contributed by atoms with Gasteiger partial charge >= 0.3 is 0 Å². The van der Waals surface area contributed by atoms with Crippen molar-refractivity contribution in [2.24, 2.45) is 0 Å². The number of thiophene rings is 1. The van der Waals surface area contributed by atoms with Gasteiger partial charge in [0.25, 0.3) is 5.91 Å². The number of nitrogens with one attached hydrogen (secondary N) is 2. The van der Waals surface area contributed by atoms with Gasteiger partial charge in [0.05, 0.1) is 24.0 Å². The average Bonchev–Trinajstić information content (AvgIpc) is 3.08. The summed E-state index contributed by atoms with van der Waals surface area (Å²) in [6.45, 7) is 0.843. The van der Waals surface area contributed by atoms with Gasteiger partial charge in [-0.15, -0.1) is 0 Å². The molecule has 0 spiro atoms. The Kier molecular flexibility index (Phi) is 5.06. The molecular formula is C18H22N4O2S. The first-order valence-electron chi connectivity index (χ1n) is 8.07. The molecule has 6 nitrogen and oxygen atoms in total. The molecule has 0 fully saturated rings. The van der Waals surface area contributed by atoms with Crippen molar-refractivity contribution in [1.29, 1.82) is 0 Å². The Morgan fingerprint density at radius 2 is 2.20 bits per heavy atom. The molecule has 0 saturated carbocycles. The highest BCUT2D eigenvalue weighted by Crippen LogP contribution is 2.29. The Hall–Kier alpha value is -2.38. The van der Waals surface area contributed by atoms with Gasteiger partial charge in [0.2, 0.25) is 5.91 Å². The highest BCUT2D eigenvalue weighted by molar-refractivity contribution is 7.07. The summed E-state index contributed by atoms with van der Waals surface area (Å²) >= 11 is 1.65. The SMILES string of the molecule is CN1CC(=O)Nc2cc(C(=O)NCC(c3ccsc3)N(C)C)ccc21. The maximum atomic E-state index is 12.5. The third kappa shape index (κ3) is 3.83. The summed E-state index contributed by atoms with van der Waals surface area (Å²) in [4.78, 5) is 28.2. The minimum atomic E-state index is -0.146. The molecule has 1 aromatic heterocycles. The lowest BCUT2D eigenvalue weighted by Gasteiger charge is -2.27. The predicted molar refractivity (Wildman–Crippen MR) is 101 cm³/mol. The van der Waals surface area contributed by atoms with E-state index in [1.54, 1.807) is 23.5 Å². The van der Waals surface area contributed by atoms with Crippen LogP contribution in [0, 0.1) is 0 Å². The van der Waals surface area contributed by atoms with Crippen LogP contribution in [0.3, 0.4) is 0 Å². The van der Waals surface area contributed by atoms with Crippen LogP contribution < -0.4 is 15.5 Å². The smallest absolute Gasteiger partial charge is 0.251 e. The van der Waals surface area contributed by atoms with Crippen molar-refractivity contribution in [3.8, 4) is 0 Å². The lowest BCUT2D eigenvalue weighted by Crippen LogP contribution is -2.36. The molecule has 25 heavy (non-hydrogen) atoms. The highest BCUT2D eigenvalue weighted by Gasteiger charge is 2.21. The van der Waals surface area contributed by atoms with Crippen molar-refractivity contribution in [1.82, 2.24) is 10.2 Å². The molecule has 0 aliphatic carbocycles. The molecule has 2 amide bonds. The van der Waals surface area contributed by atoms with Crippen LogP contribution in [0.15, 0.2) is 35.0 Å². The van der Waals surface area contributed by atoms with Gasteiger partial charge in [-0.05, 0) is 54.7 Å². The van der Waals surface area contributed by atoms with Crippen molar-refractivity contribution >= 4 is 34.5 Å². The topological polar surface area (TPSA) is 64.7 Å². The van der Waals surface area contributed by atoms with Crippen molar-refractivity contribution < 1.29 is 9.59 Å². The molecule has 0 bridgehead atoms. The average molecular weight is 358 g/mol. The van der Waals surface area contributed by atoms with E-state index < -0.39 is 0 Å². The molecule has 1 unspecified atom stereocenters. The van der Waals surface area contributed by atoms with E-state index in [4.69, 9.17) is 0 Å². The molecule has 7 heteroatoms. The number of anilines is 2. The molecule has 2 N–H and O–H groups in total. The third-order valence-electron chi connectivity index (χ3n) is 4.33. The first-order chi connectivity index (χ1) is 12.0. The van der Waals surface area contributed by atoms with Crippen LogP contribution in [0.5, 0.6) is 0 Å². The molecule has 3 rings (SSSR count). The van der Waals surface area contributed by atoms with Crippen LogP contribution in [-0.2, 0) is 4.79 Å². The van der Waals surface area contributed by atoms with Gasteiger partial charge in [0, 0.05) is 19.2 Å². The second kappa shape index (κ2) is 7.25. The molecule has 1 atom stereocenters. The zero-order valence-corrected chi connectivity index (χ0v) is 15.4. The van der Waals surface area contributed by atoms with Crippen LogP contribution in [0.25, 0.3) is 0 Å². The van der Waals surface area contributed by atoms with E-state index in [-0.39, 0.29) is 17.9 Å². The lowest BCUT2D eigenvalue weighted by molar-refractivity contribution is -0.115. The molecule has 0 radical (unpaired) electrons. The van der Waals surface area contributed by atoms with E-state index in [1.807, 2.05) is 37.5 Å². The molecule has 1 aliphatic rings. The minimum Gasteiger partial charge on any atom is -0.364 e. The second-order valence-corrected chi connectivity index (χ2v) is 7.16. The van der Waals surface area contributed by atoms with Gasteiger partial charge in [-0.1, -0.05) is 0 Å². The number of hydrogen-bond acceptors (Lipinski definition) is 5. The van der Waals surface area contributed by atoms with Crippen molar-refractivity contribution in [2.45, 2.75) is 6.04 Å². The van der Waals surface area contributed by atoms with E-state index in [1.165, 1.54) is 5.56 Å². The van der Waals surface area contributed by atoms with Gasteiger partial charge in [-0.25, -0.2) is 0 Å². The Morgan fingerprint density at radius 3 is 2.88 bits per heavy atom. The normalized spacial score (nSPS) is 14.9. The van der Waals surface area contributed by atoms with Crippen molar-refractivity contribution in [2.75, 3.05) is 44.4 Å². The predicted octanol–water partition coefficient (Wildman–Crippen LogP) is 2.17. The summed E-state index contributed by atoms with van der Waals surface area (Å²) in [6.07, 6.45) is 0. The number of hydrogen-bond donors (Lipinski definition) is 2. The van der Waals surface area contributed by atoms with Crippen molar-refractivity contribution in [3.63, 3.8) is 0 Å². The van der Waals surface area contributed by atoms with Crippen LogP contribution in [0.4, 0.5) is 11.4 Å². The summed E-state index contributed by atoms with van der Waals surface area (Å²) in [5.74, 6) is -0.218. The number of fused-ring (bicyclic) bond motifs is 1. The van der Waals surface area contributed by atoms with Crippen LogP contribution in [0.1, 0.15) is 22.0 Å². The summed E-state index contributed by atoms with van der Waals surface area (Å²) in [7, 11) is 5.86. The van der Waals surface area contributed by atoms with Gasteiger partial charge in [0.15, 0.2) is 0 Å². The van der Waals surface area contributed by atoms with E-state index in [0.717, 1.165) is 5.69 Å². The molecular weight excluding hydrogens is 336 g/mol. The van der Waals surface area contributed by atoms with Crippen molar-refractivity contribution in [3.05, 3.63) is 46.2 Å². The maximum absolute atomic E-state index is 12.5. The van der Waals surface area contributed by atoms with E-state index >= 15 is 0 Å². The second-order valence-electron chi connectivity index (χ2n) is 6.38. The first-order valence-corrected chi connectivity index (χ1v) is 9.01. The Bertz CT molecular complexity index is 773. The zero-order chi connectivity index (χ0) is 18.0. The fourth-order valence-electron chi connectivity index (χ4n) is 2.96. The first kappa shape index (κ1) is 17.4. The summed E-state index contributed by atoms with van der Waals surface area (Å²) in [5, 5.41) is 9.96. The Morgan fingerprint density at radius 1 is 1.40 bits per heavy atom. The summed E-state index contributed by atoms with van der Waals surface area (Å²) < 4.78 is 0. The summed E-state index contributed by atoms with van der Waals surface area (Å²) in [6, 6.07) is 7.58. The number of likely N-dealkylation sites (N-methyl/N-ethyl adjacent to an activating group) is 2. The molecule has 0 saturated heterocycles. The molecule has 132 valence electrons. The van der Waals surface area contributed by atoms with Gasteiger partial charge < -0.3 is 20.4 Å². The number of carbonyl (C=O) groups excluding carboxylic acids is 2. The van der Waals surface area contributed by atoms with E-state index in [0.29, 0.717) is 24.3 Å². The van der Waals surface area contributed by atoms with E-state index in [9.17, 15) is 9.59 Å².